The molecule has 0 atom stereocenters. The third kappa shape index (κ3) is 3.20. The van der Waals surface area contributed by atoms with Crippen LogP contribution in [0.3, 0.4) is 0 Å². The second-order valence-electron chi connectivity index (χ2n) is 7.17. The molecule has 3 heterocycles. The van der Waals surface area contributed by atoms with E-state index < -0.39 is 0 Å². The van der Waals surface area contributed by atoms with Gasteiger partial charge in [-0.1, -0.05) is 0 Å². The second kappa shape index (κ2) is 6.59. The first-order chi connectivity index (χ1) is 11.7. The van der Waals surface area contributed by atoms with E-state index in [0.717, 1.165) is 45.1 Å². The lowest BCUT2D eigenvalue weighted by Crippen LogP contribution is -2.52. The Morgan fingerprint density at radius 3 is 2.21 bits per heavy atom. The van der Waals surface area contributed by atoms with E-state index in [4.69, 9.17) is 4.42 Å². The highest BCUT2D eigenvalue weighted by molar-refractivity contribution is 5.94. The van der Waals surface area contributed by atoms with Gasteiger partial charge >= 0.3 is 0 Å². The van der Waals surface area contributed by atoms with E-state index in [1.807, 2.05) is 9.80 Å². The molecule has 6 heteroatoms. The molecule has 3 fully saturated rings. The summed E-state index contributed by atoms with van der Waals surface area (Å²) >= 11 is 0. The molecule has 0 N–H and O–H groups in total. The van der Waals surface area contributed by atoms with E-state index in [1.54, 1.807) is 6.07 Å². The second-order valence-corrected chi connectivity index (χ2v) is 7.17. The molecule has 1 saturated carbocycles. The first-order valence-corrected chi connectivity index (χ1v) is 9.06. The van der Waals surface area contributed by atoms with Gasteiger partial charge in [-0.15, -0.1) is 0 Å². The topological polar surface area (TPSA) is 57.0 Å². The van der Waals surface area contributed by atoms with Crippen molar-refractivity contribution in [1.82, 2.24) is 14.7 Å². The zero-order valence-electron chi connectivity index (χ0n) is 14.0. The van der Waals surface area contributed by atoms with Gasteiger partial charge in [0.25, 0.3) is 5.91 Å². The highest BCUT2D eigenvalue weighted by Gasteiger charge is 2.35. The van der Waals surface area contributed by atoms with Crippen LogP contribution in [0.1, 0.15) is 36.0 Å². The van der Waals surface area contributed by atoms with Crippen molar-refractivity contribution in [2.75, 3.05) is 39.3 Å². The molecule has 2 aliphatic heterocycles. The number of hydrogen-bond donors (Lipinski definition) is 0. The standard InChI is InChI=1S/C18H25N3O3/c22-17(21-10-8-19(9-11-21)16-1-2-16)14-3-6-20(7-4-14)18(23)15-5-12-24-13-15/h5,12-14,16H,1-4,6-11H2. The zero-order valence-corrected chi connectivity index (χ0v) is 14.0. The number of likely N-dealkylation sites (tertiary alicyclic amines) is 1. The minimum absolute atomic E-state index is 0.00713. The van der Waals surface area contributed by atoms with Crippen LogP contribution in [0.2, 0.25) is 0 Å². The molecule has 1 aromatic heterocycles. The average molecular weight is 331 g/mol. The summed E-state index contributed by atoms with van der Waals surface area (Å²) in [6.07, 6.45) is 7.20. The molecule has 0 radical (unpaired) electrons. The Hall–Kier alpha value is -1.82. The highest BCUT2D eigenvalue weighted by Crippen LogP contribution is 2.28. The van der Waals surface area contributed by atoms with E-state index in [1.165, 1.54) is 25.4 Å². The number of carbonyl (C=O) groups is 2. The maximum atomic E-state index is 12.7. The van der Waals surface area contributed by atoms with E-state index in [9.17, 15) is 9.59 Å². The SMILES string of the molecule is O=C(c1ccoc1)N1CCC(C(=O)N2CCN(C3CC3)CC2)CC1. The normalized spacial score (nSPS) is 23.5. The summed E-state index contributed by atoms with van der Waals surface area (Å²) in [4.78, 5) is 31.4. The Labute approximate surface area is 142 Å². The van der Waals surface area contributed by atoms with Crippen LogP contribution in [0.4, 0.5) is 0 Å². The summed E-state index contributed by atoms with van der Waals surface area (Å²) < 4.78 is 4.98. The van der Waals surface area contributed by atoms with E-state index >= 15 is 0 Å². The van der Waals surface area contributed by atoms with E-state index in [0.29, 0.717) is 24.6 Å². The smallest absolute Gasteiger partial charge is 0.257 e. The highest BCUT2D eigenvalue weighted by atomic mass is 16.3. The Bertz CT molecular complexity index is 581. The molecule has 0 bridgehead atoms. The van der Waals surface area contributed by atoms with Gasteiger partial charge in [0, 0.05) is 51.2 Å². The minimum Gasteiger partial charge on any atom is -0.472 e. The zero-order chi connectivity index (χ0) is 16.5. The lowest BCUT2D eigenvalue weighted by atomic mass is 9.94. The van der Waals surface area contributed by atoms with Crippen LogP contribution in [0.5, 0.6) is 0 Å². The van der Waals surface area contributed by atoms with Gasteiger partial charge in [-0.3, -0.25) is 14.5 Å². The van der Waals surface area contributed by atoms with Crippen molar-refractivity contribution in [2.45, 2.75) is 31.7 Å². The number of nitrogens with zero attached hydrogens (tertiary/aromatic N) is 3. The van der Waals surface area contributed by atoms with Crippen molar-refractivity contribution in [3.63, 3.8) is 0 Å². The van der Waals surface area contributed by atoms with Gasteiger partial charge in [0.1, 0.15) is 6.26 Å². The molecule has 0 spiro atoms. The third-order valence-electron chi connectivity index (χ3n) is 5.59. The number of hydrogen-bond acceptors (Lipinski definition) is 4. The van der Waals surface area contributed by atoms with Gasteiger partial charge in [-0.2, -0.15) is 0 Å². The monoisotopic (exact) mass is 331 g/mol. The fraction of sp³-hybridized carbons (Fsp3) is 0.667. The molecule has 24 heavy (non-hydrogen) atoms. The molecular formula is C18H25N3O3. The molecule has 130 valence electrons. The lowest BCUT2D eigenvalue weighted by Gasteiger charge is -2.38. The Balaban J connectivity index is 1.26. The summed E-state index contributed by atoms with van der Waals surface area (Å²) in [5.41, 5.74) is 0.593. The molecule has 1 aliphatic carbocycles. The van der Waals surface area contributed by atoms with Crippen molar-refractivity contribution in [3.8, 4) is 0 Å². The third-order valence-corrected chi connectivity index (χ3v) is 5.59. The summed E-state index contributed by atoms with van der Waals surface area (Å²) in [6.45, 7) is 5.08. The minimum atomic E-state index is 0.00713. The van der Waals surface area contributed by atoms with Gasteiger partial charge in [0.05, 0.1) is 11.8 Å². The van der Waals surface area contributed by atoms with Gasteiger partial charge in [0.15, 0.2) is 0 Å². The quantitative estimate of drug-likeness (QED) is 0.841. The number of piperazine rings is 1. The number of furan rings is 1. The predicted octanol–water partition coefficient (Wildman–Crippen LogP) is 1.44. The molecule has 4 rings (SSSR count). The first kappa shape index (κ1) is 15.7. The molecule has 0 unspecified atom stereocenters. The largest absolute Gasteiger partial charge is 0.472 e. The number of carbonyl (C=O) groups excluding carboxylic acids is 2. The van der Waals surface area contributed by atoms with Gasteiger partial charge in [0.2, 0.25) is 5.91 Å². The maximum absolute atomic E-state index is 12.7. The van der Waals surface area contributed by atoms with Crippen LogP contribution in [0.25, 0.3) is 0 Å². The van der Waals surface area contributed by atoms with Crippen molar-refractivity contribution in [1.29, 1.82) is 0 Å². The number of rotatable bonds is 3. The van der Waals surface area contributed by atoms with Gasteiger partial charge < -0.3 is 14.2 Å². The Morgan fingerprint density at radius 1 is 0.917 bits per heavy atom. The molecule has 2 saturated heterocycles. The molecule has 3 aliphatic rings. The molecule has 1 aromatic rings. The molecule has 2 amide bonds. The Morgan fingerprint density at radius 2 is 1.62 bits per heavy atom. The summed E-state index contributed by atoms with van der Waals surface area (Å²) in [5, 5.41) is 0. The lowest BCUT2D eigenvalue weighted by molar-refractivity contribution is -0.138. The van der Waals surface area contributed by atoms with Crippen molar-refractivity contribution in [2.24, 2.45) is 5.92 Å². The fourth-order valence-corrected chi connectivity index (χ4v) is 3.90. The van der Waals surface area contributed by atoms with Crippen LogP contribution in [0.15, 0.2) is 23.0 Å². The van der Waals surface area contributed by atoms with Crippen LogP contribution < -0.4 is 0 Å². The van der Waals surface area contributed by atoms with Gasteiger partial charge in [-0.05, 0) is 31.7 Å². The Kier molecular flexibility index (Phi) is 4.31. The van der Waals surface area contributed by atoms with Crippen molar-refractivity contribution < 1.29 is 14.0 Å². The van der Waals surface area contributed by atoms with E-state index in [-0.39, 0.29) is 11.8 Å². The molecular weight excluding hydrogens is 306 g/mol. The van der Waals surface area contributed by atoms with Crippen LogP contribution in [-0.2, 0) is 4.79 Å². The first-order valence-electron chi connectivity index (χ1n) is 9.06. The van der Waals surface area contributed by atoms with E-state index in [2.05, 4.69) is 4.90 Å². The van der Waals surface area contributed by atoms with Crippen molar-refractivity contribution in [3.05, 3.63) is 24.2 Å². The van der Waals surface area contributed by atoms with Gasteiger partial charge in [-0.25, -0.2) is 0 Å². The summed E-state index contributed by atoms with van der Waals surface area (Å²) in [6, 6.07) is 2.48. The molecule has 6 nitrogen and oxygen atoms in total. The summed E-state index contributed by atoms with van der Waals surface area (Å²) in [7, 11) is 0. The average Bonchev–Trinajstić information content (AvgIpc) is 3.35. The van der Waals surface area contributed by atoms with Crippen LogP contribution in [0, 0.1) is 5.92 Å². The van der Waals surface area contributed by atoms with Crippen molar-refractivity contribution >= 4 is 11.8 Å². The fourth-order valence-electron chi connectivity index (χ4n) is 3.90. The number of amides is 2. The predicted molar refractivity (Wildman–Crippen MR) is 88.5 cm³/mol. The number of piperidine rings is 1. The maximum Gasteiger partial charge on any atom is 0.257 e. The summed E-state index contributed by atoms with van der Waals surface area (Å²) in [5.74, 6) is 0.374. The van der Waals surface area contributed by atoms with Crippen LogP contribution >= 0.6 is 0 Å². The molecule has 0 aromatic carbocycles. The van der Waals surface area contributed by atoms with Crippen LogP contribution in [-0.4, -0.2) is 71.8 Å².